The fraction of sp³-hybridized carbons (Fsp3) is 0.846. The van der Waals surface area contributed by atoms with Crippen molar-refractivity contribution in [3.8, 4) is 0 Å². The predicted octanol–water partition coefficient (Wildman–Crippen LogP) is 1.83. The number of amides is 2. The van der Waals surface area contributed by atoms with Crippen molar-refractivity contribution in [2.24, 2.45) is 5.92 Å². The van der Waals surface area contributed by atoms with Crippen LogP contribution < -0.4 is 5.32 Å². The van der Waals surface area contributed by atoms with E-state index in [1.807, 2.05) is 0 Å². The molecule has 2 rings (SSSR count). The molecule has 0 aromatic rings. The van der Waals surface area contributed by atoms with Crippen LogP contribution in [0.15, 0.2) is 0 Å². The maximum Gasteiger partial charge on any atom is 0.323 e. The first-order chi connectivity index (χ1) is 8.65. The van der Waals surface area contributed by atoms with Crippen LogP contribution in [0.4, 0.5) is 4.79 Å². The Morgan fingerprint density at radius 3 is 2.33 bits per heavy atom. The minimum Gasteiger partial charge on any atom is -0.480 e. The van der Waals surface area contributed by atoms with Gasteiger partial charge in [0.15, 0.2) is 0 Å². The molecule has 2 saturated carbocycles. The molecule has 102 valence electrons. The van der Waals surface area contributed by atoms with E-state index < -0.39 is 5.97 Å². The zero-order valence-corrected chi connectivity index (χ0v) is 10.7. The average molecular weight is 254 g/mol. The Morgan fingerprint density at radius 2 is 1.78 bits per heavy atom. The van der Waals surface area contributed by atoms with Crippen LogP contribution in [-0.2, 0) is 4.79 Å². The van der Waals surface area contributed by atoms with Crippen LogP contribution >= 0.6 is 0 Å². The van der Waals surface area contributed by atoms with Gasteiger partial charge in [0.1, 0.15) is 6.54 Å². The molecule has 0 unspecified atom stereocenters. The van der Waals surface area contributed by atoms with E-state index in [0.29, 0.717) is 12.5 Å². The number of carbonyl (C=O) groups excluding carboxylic acids is 1. The Bertz CT molecular complexity index is 309. The fourth-order valence-electron chi connectivity index (χ4n) is 2.51. The summed E-state index contributed by atoms with van der Waals surface area (Å²) < 4.78 is 0. The highest BCUT2D eigenvalue weighted by atomic mass is 16.4. The lowest BCUT2D eigenvalue weighted by molar-refractivity contribution is -0.137. The zero-order valence-electron chi connectivity index (χ0n) is 10.7. The number of nitrogens with zero attached hydrogens (tertiary/aromatic N) is 1. The van der Waals surface area contributed by atoms with Crippen molar-refractivity contribution in [1.82, 2.24) is 10.2 Å². The highest BCUT2D eigenvalue weighted by Crippen LogP contribution is 2.29. The zero-order chi connectivity index (χ0) is 13.0. The molecule has 2 aliphatic rings. The first-order valence-corrected chi connectivity index (χ1v) is 6.92. The second-order valence-electron chi connectivity index (χ2n) is 5.50. The summed E-state index contributed by atoms with van der Waals surface area (Å²) in [7, 11) is 0. The van der Waals surface area contributed by atoms with Crippen molar-refractivity contribution in [1.29, 1.82) is 0 Å². The Hall–Kier alpha value is -1.26. The minimum absolute atomic E-state index is 0.185. The summed E-state index contributed by atoms with van der Waals surface area (Å²) in [4.78, 5) is 24.3. The molecular formula is C13H22N2O3. The van der Waals surface area contributed by atoms with Gasteiger partial charge in [0, 0.05) is 12.6 Å². The van der Waals surface area contributed by atoms with Crippen LogP contribution in [0.3, 0.4) is 0 Å². The first-order valence-electron chi connectivity index (χ1n) is 6.92. The molecule has 2 fully saturated rings. The molecule has 2 aliphatic carbocycles. The van der Waals surface area contributed by atoms with Crippen molar-refractivity contribution in [3.05, 3.63) is 0 Å². The van der Waals surface area contributed by atoms with Gasteiger partial charge in [-0.15, -0.1) is 0 Å². The standard InChI is InChI=1S/C13H22N2O3/c16-12(17)9-15(8-10-6-7-10)13(18)14-11-4-2-1-3-5-11/h10-11H,1-9H2,(H,14,18)(H,16,17). The van der Waals surface area contributed by atoms with Gasteiger partial charge in [0.25, 0.3) is 0 Å². The molecule has 0 heterocycles. The lowest BCUT2D eigenvalue weighted by Gasteiger charge is -2.27. The molecule has 2 amide bonds. The Morgan fingerprint density at radius 1 is 1.11 bits per heavy atom. The lowest BCUT2D eigenvalue weighted by atomic mass is 9.96. The molecule has 0 aromatic heterocycles. The van der Waals surface area contributed by atoms with E-state index in [0.717, 1.165) is 38.5 Å². The molecular weight excluding hydrogens is 232 g/mol. The quantitative estimate of drug-likeness (QED) is 0.786. The number of carboxylic acids is 1. The smallest absolute Gasteiger partial charge is 0.323 e. The van der Waals surface area contributed by atoms with E-state index in [1.54, 1.807) is 0 Å². The van der Waals surface area contributed by atoms with Gasteiger partial charge >= 0.3 is 12.0 Å². The third-order valence-corrected chi connectivity index (χ3v) is 3.72. The summed E-state index contributed by atoms with van der Waals surface area (Å²) in [6, 6.07) is 0.0398. The Balaban J connectivity index is 1.82. The molecule has 2 N–H and O–H groups in total. The topological polar surface area (TPSA) is 69.6 Å². The SMILES string of the molecule is O=C(O)CN(CC1CC1)C(=O)NC1CCCCC1. The number of carbonyl (C=O) groups is 2. The highest BCUT2D eigenvalue weighted by Gasteiger charge is 2.29. The Labute approximate surface area is 108 Å². The van der Waals surface area contributed by atoms with Crippen molar-refractivity contribution < 1.29 is 14.7 Å². The summed E-state index contributed by atoms with van der Waals surface area (Å²) in [6.07, 6.45) is 7.85. The minimum atomic E-state index is -0.936. The van der Waals surface area contributed by atoms with Gasteiger partial charge in [-0.2, -0.15) is 0 Å². The van der Waals surface area contributed by atoms with Crippen molar-refractivity contribution >= 4 is 12.0 Å². The van der Waals surface area contributed by atoms with E-state index in [-0.39, 0.29) is 18.6 Å². The molecule has 0 bridgehead atoms. The number of urea groups is 1. The van der Waals surface area contributed by atoms with Crippen LogP contribution in [0.2, 0.25) is 0 Å². The second-order valence-corrected chi connectivity index (χ2v) is 5.50. The number of nitrogens with one attached hydrogen (secondary N) is 1. The van der Waals surface area contributed by atoms with Gasteiger partial charge in [-0.3, -0.25) is 4.79 Å². The van der Waals surface area contributed by atoms with Gasteiger partial charge < -0.3 is 15.3 Å². The number of hydrogen-bond donors (Lipinski definition) is 2. The van der Waals surface area contributed by atoms with Crippen molar-refractivity contribution in [2.45, 2.75) is 51.0 Å². The largest absolute Gasteiger partial charge is 0.480 e. The summed E-state index contributed by atoms with van der Waals surface area (Å²) in [5, 5.41) is 11.8. The molecule has 0 aliphatic heterocycles. The number of hydrogen-bond acceptors (Lipinski definition) is 2. The average Bonchev–Trinajstić information content (AvgIpc) is 3.13. The third-order valence-electron chi connectivity index (χ3n) is 3.72. The van der Waals surface area contributed by atoms with E-state index in [4.69, 9.17) is 5.11 Å². The fourth-order valence-corrected chi connectivity index (χ4v) is 2.51. The lowest BCUT2D eigenvalue weighted by Crippen LogP contribution is -2.47. The third kappa shape index (κ3) is 4.20. The molecule has 0 spiro atoms. The number of aliphatic carboxylic acids is 1. The summed E-state index contributed by atoms with van der Waals surface area (Å²) in [5.74, 6) is -0.420. The molecule has 0 atom stereocenters. The molecule has 0 radical (unpaired) electrons. The summed E-state index contributed by atoms with van der Waals surface area (Å²) in [5.41, 5.74) is 0. The monoisotopic (exact) mass is 254 g/mol. The summed E-state index contributed by atoms with van der Waals surface area (Å²) >= 11 is 0. The molecule has 5 nitrogen and oxygen atoms in total. The van der Waals surface area contributed by atoms with Crippen molar-refractivity contribution in [2.75, 3.05) is 13.1 Å². The van der Waals surface area contributed by atoms with Gasteiger partial charge in [-0.25, -0.2) is 4.79 Å². The highest BCUT2D eigenvalue weighted by molar-refractivity contribution is 5.80. The second kappa shape index (κ2) is 6.07. The van der Waals surface area contributed by atoms with Gasteiger partial charge in [0.2, 0.25) is 0 Å². The van der Waals surface area contributed by atoms with E-state index in [2.05, 4.69) is 5.32 Å². The van der Waals surface area contributed by atoms with Crippen molar-refractivity contribution in [3.63, 3.8) is 0 Å². The van der Waals surface area contributed by atoms with Crippen LogP contribution in [0, 0.1) is 5.92 Å². The Kier molecular flexibility index (Phi) is 4.44. The summed E-state index contributed by atoms with van der Waals surface area (Å²) in [6.45, 7) is 0.403. The number of rotatable bonds is 5. The van der Waals surface area contributed by atoms with E-state index in [9.17, 15) is 9.59 Å². The molecule has 0 aromatic carbocycles. The van der Waals surface area contributed by atoms with Crippen LogP contribution in [0.5, 0.6) is 0 Å². The van der Waals surface area contributed by atoms with Crippen LogP contribution in [0.1, 0.15) is 44.9 Å². The molecule has 18 heavy (non-hydrogen) atoms. The van der Waals surface area contributed by atoms with Gasteiger partial charge in [-0.05, 0) is 31.6 Å². The normalized spacial score (nSPS) is 20.4. The van der Waals surface area contributed by atoms with Crippen LogP contribution in [0.25, 0.3) is 0 Å². The maximum absolute atomic E-state index is 12.1. The maximum atomic E-state index is 12.1. The van der Waals surface area contributed by atoms with E-state index >= 15 is 0 Å². The molecule has 0 saturated heterocycles. The van der Waals surface area contributed by atoms with Gasteiger partial charge in [-0.1, -0.05) is 19.3 Å². The number of carboxylic acid groups (broad SMARTS) is 1. The van der Waals surface area contributed by atoms with Gasteiger partial charge in [0.05, 0.1) is 0 Å². The first kappa shape index (κ1) is 13.2. The van der Waals surface area contributed by atoms with E-state index in [1.165, 1.54) is 11.3 Å². The van der Waals surface area contributed by atoms with Crippen LogP contribution in [-0.4, -0.2) is 41.1 Å². The predicted molar refractivity (Wildman–Crippen MR) is 67.3 cm³/mol. The molecule has 5 heteroatoms.